The SMILES string of the molecule is COc1ccc(OC)c(CCC(=O)N2CCCC2(C)C(=O)O)c1. The molecule has 1 aliphatic rings. The molecule has 1 aliphatic heterocycles. The normalized spacial score (nSPS) is 20.4. The van der Waals surface area contributed by atoms with Crippen LogP contribution in [0.5, 0.6) is 11.5 Å². The molecule has 1 saturated heterocycles. The van der Waals surface area contributed by atoms with Crippen molar-refractivity contribution in [2.45, 2.75) is 38.1 Å². The van der Waals surface area contributed by atoms with Crippen molar-refractivity contribution in [3.8, 4) is 11.5 Å². The Hall–Kier alpha value is -2.24. The molecule has 1 aromatic carbocycles. The lowest BCUT2D eigenvalue weighted by Gasteiger charge is -2.31. The molecule has 0 bridgehead atoms. The molecule has 1 atom stereocenters. The first-order valence-corrected chi connectivity index (χ1v) is 7.67. The number of aliphatic carboxylic acids is 1. The first kappa shape index (κ1) is 17.1. The maximum absolute atomic E-state index is 12.5. The number of carboxylic acid groups (broad SMARTS) is 1. The lowest BCUT2D eigenvalue weighted by atomic mass is 9.98. The van der Waals surface area contributed by atoms with E-state index in [1.54, 1.807) is 33.3 Å². The molecule has 1 heterocycles. The summed E-state index contributed by atoms with van der Waals surface area (Å²) in [6, 6.07) is 5.44. The predicted octanol–water partition coefficient (Wildman–Crippen LogP) is 2.10. The highest BCUT2D eigenvalue weighted by atomic mass is 16.5. The smallest absolute Gasteiger partial charge is 0.329 e. The molecule has 1 N–H and O–H groups in total. The van der Waals surface area contributed by atoms with Crippen molar-refractivity contribution < 1.29 is 24.2 Å². The second-order valence-electron chi connectivity index (χ2n) is 5.91. The molecule has 23 heavy (non-hydrogen) atoms. The summed E-state index contributed by atoms with van der Waals surface area (Å²) in [6.07, 6.45) is 1.94. The van der Waals surface area contributed by atoms with Gasteiger partial charge in [-0.3, -0.25) is 4.79 Å². The highest BCUT2D eigenvalue weighted by Crippen LogP contribution is 2.31. The zero-order valence-corrected chi connectivity index (χ0v) is 13.8. The number of likely N-dealkylation sites (tertiary alicyclic amines) is 1. The van der Waals surface area contributed by atoms with Gasteiger partial charge >= 0.3 is 5.97 Å². The molecule has 1 fully saturated rings. The van der Waals surface area contributed by atoms with E-state index < -0.39 is 11.5 Å². The number of hydrogen-bond acceptors (Lipinski definition) is 4. The summed E-state index contributed by atoms with van der Waals surface area (Å²) in [5.74, 6) is 0.311. The van der Waals surface area contributed by atoms with Crippen LogP contribution < -0.4 is 9.47 Å². The van der Waals surface area contributed by atoms with Crippen LogP contribution in [0.15, 0.2) is 18.2 Å². The maximum Gasteiger partial charge on any atom is 0.329 e. The van der Waals surface area contributed by atoms with Gasteiger partial charge in [0.15, 0.2) is 0 Å². The standard InChI is InChI=1S/C17H23NO5/c1-17(16(20)21)9-4-10-18(17)15(19)8-5-12-11-13(22-2)6-7-14(12)23-3/h6-7,11H,4-5,8-10H2,1-3H3,(H,20,21). The van der Waals surface area contributed by atoms with Crippen molar-refractivity contribution in [2.75, 3.05) is 20.8 Å². The zero-order valence-electron chi connectivity index (χ0n) is 13.8. The van der Waals surface area contributed by atoms with Crippen molar-refractivity contribution in [3.63, 3.8) is 0 Å². The molecule has 1 amide bonds. The van der Waals surface area contributed by atoms with Gasteiger partial charge < -0.3 is 19.5 Å². The molecule has 0 aromatic heterocycles. The Labute approximate surface area is 136 Å². The van der Waals surface area contributed by atoms with E-state index in [4.69, 9.17) is 9.47 Å². The van der Waals surface area contributed by atoms with E-state index in [9.17, 15) is 14.7 Å². The van der Waals surface area contributed by atoms with Gasteiger partial charge in [0.2, 0.25) is 5.91 Å². The minimum absolute atomic E-state index is 0.141. The van der Waals surface area contributed by atoms with Crippen LogP contribution in [-0.2, 0) is 16.0 Å². The molecular formula is C17H23NO5. The van der Waals surface area contributed by atoms with E-state index in [1.807, 2.05) is 6.07 Å². The van der Waals surface area contributed by atoms with Gasteiger partial charge in [-0.05, 0) is 49.9 Å². The van der Waals surface area contributed by atoms with E-state index in [1.165, 1.54) is 4.90 Å². The van der Waals surface area contributed by atoms with Crippen LogP contribution in [0.2, 0.25) is 0 Å². The number of carbonyl (C=O) groups is 2. The lowest BCUT2D eigenvalue weighted by molar-refractivity contribution is -0.155. The molecule has 126 valence electrons. The number of ether oxygens (including phenoxy) is 2. The van der Waals surface area contributed by atoms with Gasteiger partial charge in [-0.25, -0.2) is 4.79 Å². The number of nitrogens with zero attached hydrogens (tertiary/aromatic N) is 1. The number of amides is 1. The van der Waals surface area contributed by atoms with Crippen LogP contribution >= 0.6 is 0 Å². The largest absolute Gasteiger partial charge is 0.497 e. The topological polar surface area (TPSA) is 76.1 Å². The van der Waals surface area contributed by atoms with E-state index in [0.29, 0.717) is 30.9 Å². The van der Waals surface area contributed by atoms with E-state index in [-0.39, 0.29) is 12.3 Å². The van der Waals surface area contributed by atoms with E-state index in [0.717, 1.165) is 12.0 Å². The van der Waals surface area contributed by atoms with Gasteiger partial charge in [-0.1, -0.05) is 0 Å². The van der Waals surface area contributed by atoms with Crippen molar-refractivity contribution in [1.29, 1.82) is 0 Å². The van der Waals surface area contributed by atoms with Crippen molar-refractivity contribution in [3.05, 3.63) is 23.8 Å². The van der Waals surface area contributed by atoms with E-state index >= 15 is 0 Å². The Bertz CT molecular complexity index is 601. The first-order valence-electron chi connectivity index (χ1n) is 7.67. The summed E-state index contributed by atoms with van der Waals surface area (Å²) in [5, 5.41) is 9.40. The Morgan fingerprint density at radius 1 is 1.30 bits per heavy atom. The number of hydrogen-bond donors (Lipinski definition) is 1. The number of rotatable bonds is 6. The highest BCUT2D eigenvalue weighted by Gasteiger charge is 2.45. The molecule has 0 spiro atoms. The summed E-state index contributed by atoms with van der Waals surface area (Å²) in [6.45, 7) is 2.11. The molecule has 0 aliphatic carbocycles. The monoisotopic (exact) mass is 321 g/mol. The lowest BCUT2D eigenvalue weighted by Crippen LogP contribution is -2.50. The minimum Gasteiger partial charge on any atom is -0.497 e. The molecule has 6 nitrogen and oxygen atoms in total. The quantitative estimate of drug-likeness (QED) is 0.868. The molecule has 2 rings (SSSR count). The third-order valence-corrected chi connectivity index (χ3v) is 4.50. The third-order valence-electron chi connectivity index (χ3n) is 4.50. The Kier molecular flexibility index (Phi) is 5.13. The maximum atomic E-state index is 12.5. The highest BCUT2D eigenvalue weighted by molar-refractivity contribution is 5.87. The average Bonchev–Trinajstić information content (AvgIpc) is 2.95. The van der Waals surface area contributed by atoms with Gasteiger partial charge in [0.25, 0.3) is 0 Å². The van der Waals surface area contributed by atoms with Crippen molar-refractivity contribution in [1.82, 2.24) is 4.90 Å². The zero-order chi connectivity index (χ0) is 17.0. The number of carboxylic acids is 1. The third kappa shape index (κ3) is 3.41. The Morgan fingerprint density at radius 2 is 2.04 bits per heavy atom. The summed E-state index contributed by atoms with van der Waals surface area (Å²) in [4.78, 5) is 25.4. The van der Waals surface area contributed by atoms with Crippen LogP contribution in [-0.4, -0.2) is 48.2 Å². The molecule has 0 radical (unpaired) electrons. The fraction of sp³-hybridized carbons (Fsp3) is 0.529. The summed E-state index contributed by atoms with van der Waals surface area (Å²) in [5.41, 5.74) is -0.216. The van der Waals surface area contributed by atoms with Crippen LogP contribution in [0.1, 0.15) is 31.7 Å². The van der Waals surface area contributed by atoms with Gasteiger partial charge in [0.05, 0.1) is 14.2 Å². The Balaban J connectivity index is 2.09. The summed E-state index contributed by atoms with van der Waals surface area (Å²) in [7, 11) is 3.16. The van der Waals surface area contributed by atoms with Crippen LogP contribution in [0.4, 0.5) is 0 Å². The van der Waals surface area contributed by atoms with Crippen LogP contribution in [0, 0.1) is 0 Å². The summed E-state index contributed by atoms with van der Waals surface area (Å²) < 4.78 is 10.5. The minimum atomic E-state index is -1.09. The van der Waals surface area contributed by atoms with Crippen LogP contribution in [0.25, 0.3) is 0 Å². The fourth-order valence-electron chi connectivity index (χ4n) is 3.04. The van der Waals surface area contributed by atoms with Gasteiger partial charge in [0, 0.05) is 13.0 Å². The van der Waals surface area contributed by atoms with Crippen LogP contribution in [0.3, 0.4) is 0 Å². The number of benzene rings is 1. The summed E-state index contributed by atoms with van der Waals surface area (Å²) >= 11 is 0. The van der Waals surface area contributed by atoms with Gasteiger partial charge in [-0.15, -0.1) is 0 Å². The van der Waals surface area contributed by atoms with Gasteiger partial charge in [0.1, 0.15) is 17.0 Å². The Morgan fingerprint density at radius 3 is 2.65 bits per heavy atom. The first-order chi connectivity index (χ1) is 10.9. The fourth-order valence-corrected chi connectivity index (χ4v) is 3.04. The number of methoxy groups -OCH3 is 2. The van der Waals surface area contributed by atoms with Crippen molar-refractivity contribution in [2.24, 2.45) is 0 Å². The number of aryl methyl sites for hydroxylation is 1. The molecule has 1 unspecified atom stereocenters. The molecule has 6 heteroatoms. The second kappa shape index (κ2) is 6.89. The molecular weight excluding hydrogens is 298 g/mol. The predicted molar refractivity (Wildman–Crippen MR) is 84.9 cm³/mol. The van der Waals surface area contributed by atoms with Crippen molar-refractivity contribution >= 4 is 11.9 Å². The number of carbonyl (C=O) groups excluding carboxylic acids is 1. The van der Waals surface area contributed by atoms with Gasteiger partial charge in [-0.2, -0.15) is 0 Å². The second-order valence-corrected chi connectivity index (χ2v) is 5.91. The average molecular weight is 321 g/mol. The van der Waals surface area contributed by atoms with E-state index in [2.05, 4.69) is 0 Å². The molecule has 0 saturated carbocycles. The molecule has 1 aromatic rings.